The predicted molar refractivity (Wildman–Crippen MR) is 52.6 cm³/mol. The van der Waals surface area contributed by atoms with Gasteiger partial charge in [0.1, 0.15) is 0 Å². The van der Waals surface area contributed by atoms with Crippen LogP contribution >= 0.6 is 0 Å². The summed E-state index contributed by atoms with van der Waals surface area (Å²) in [4.78, 5) is 4.09. The Labute approximate surface area is 79.1 Å². The lowest BCUT2D eigenvalue weighted by Gasteiger charge is -2.03. The smallest absolute Gasteiger partial charge is 0.0732 e. The van der Waals surface area contributed by atoms with Crippen LogP contribution in [0.2, 0.25) is 0 Å². The van der Waals surface area contributed by atoms with Crippen LogP contribution in [0.25, 0.3) is 0 Å². The molecule has 0 saturated heterocycles. The lowest BCUT2D eigenvalue weighted by Crippen LogP contribution is -2.14. The largest absolute Gasteiger partial charge is 0.375 e. The summed E-state index contributed by atoms with van der Waals surface area (Å²) in [6.45, 7) is 4.31. The highest BCUT2D eigenvalue weighted by Gasteiger charge is 1.93. The SMILES string of the molecule is CNCCOCc1cncc(C)c1. The monoisotopic (exact) mass is 180 g/mol. The van der Waals surface area contributed by atoms with Crippen LogP contribution in [0.4, 0.5) is 0 Å². The minimum atomic E-state index is 0.649. The summed E-state index contributed by atoms with van der Waals surface area (Å²) in [5, 5.41) is 3.02. The Balaban J connectivity index is 2.28. The minimum Gasteiger partial charge on any atom is -0.375 e. The molecule has 0 unspecified atom stereocenters. The predicted octanol–water partition coefficient (Wildman–Crippen LogP) is 1.13. The van der Waals surface area contributed by atoms with Crippen LogP contribution in [0, 0.1) is 6.92 Å². The van der Waals surface area contributed by atoms with Crippen molar-refractivity contribution >= 4 is 0 Å². The van der Waals surface area contributed by atoms with Gasteiger partial charge in [-0.15, -0.1) is 0 Å². The number of ether oxygens (including phenoxy) is 1. The molecule has 1 aromatic rings. The fourth-order valence-corrected chi connectivity index (χ4v) is 1.06. The van der Waals surface area contributed by atoms with E-state index in [-0.39, 0.29) is 0 Å². The van der Waals surface area contributed by atoms with E-state index in [1.54, 1.807) is 0 Å². The molecule has 13 heavy (non-hydrogen) atoms. The van der Waals surface area contributed by atoms with Crippen molar-refractivity contribution in [2.45, 2.75) is 13.5 Å². The molecule has 72 valence electrons. The molecule has 0 radical (unpaired) electrons. The summed E-state index contributed by atoms with van der Waals surface area (Å²) in [6, 6.07) is 2.09. The molecule has 0 aliphatic carbocycles. The number of rotatable bonds is 5. The van der Waals surface area contributed by atoms with Crippen molar-refractivity contribution in [1.29, 1.82) is 0 Å². The topological polar surface area (TPSA) is 34.1 Å². The Morgan fingerprint density at radius 3 is 3.00 bits per heavy atom. The van der Waals surface area contributed by atoms with Crippen LogP contribution in [-0.4, -0.2) is 25.2 Å². The zero-order valence-corrected chi connectivity index (χ0v) is 8.21. The second kappa shape index (κ2) is 5.67. The Bertz CT molecular complexity index is 250. The molecule has 0 spiro atoms. The maximum absolute atomic E-state index is 5.41. The number of hydrogen-bond donors (Lipinski definition) is 1. The Morgan fingerprint density at radius 1 is 1.46 bits per heavy atom. The van der Waals surface area contributed by atoms with Gasteiger partial charge in [-0.3, -0.25) is 4.98 Å². The maximum Gasteiger partial charge on any atom is 0.0732 e. The lowest BCUT2D eigenvalue weighted by molar-refractivity contribution is 0.124. The van der Waals surface area contributed by atoms with E-state index in [4.69, 9.17) is 4.74 Å². The molecule has 1 heterocycles. The van der Waals surface area contributed by atoms with Crippen molar-refractivity contribution in [1.82, 2.24) is 10.3 Å². The van der Waals surface area contributed by atoms with Gasteiger partial charge in [0.2, 0.25) is 0 Å². The van der Waals surface area contributed by atoms with Gasteiger partial charge in [0.15, 0.2) is 0 Å². The standard InChI is InChI=1S/C10H16N2O/c1-9-5-10(7-12-6-9)8-13-4-3-11-2/h5-7,11H,3-4,8H2,1-2H3. The molecule has 0 fully saturated rings. The summed E-state index contributed by atoms with van der Waals surface area (Å²) < 4.78 is 5.41. The molecule has 1 N–H and O–H groups in total. The summed E-state index contributed by atoms with van der Waals surface area (Å²) in [7, 11) is 1.91. The molecule has 1 rings (SSSR count). The average molecular weight is 180 g/mol. The molecular formula is C10H16N2O. The van der Waals surface area contributed by atoms with E-state index in [1.807, 2.05) is 26.4 Å². The van der Waals surface area contributed by atoms with Crippen molar-refractivity contribution in [3.8, 4) is 0 Å². The van der Waals surface area contributed by atoms with E-state index in [9.17, 15) is 0 Å². The third-order valence-corrected chi connectivity index (χ3v) is 1.70. The number of hydrogen-bond acceptors (Lipinski definition) is 3. The molecule has 0 aliphatic rings. The van der Waals surface area contributed by atoms with Gasteiger partial charge in [0.05, 0.1) is 13.2 Å². The number of nitrogens with one attached hydrogen (secondary N) is 1. The number of aromatic nitrogens is 1. The molecule has 0 bridgehead atoms. The molecule has 0 saturated carbocycles. The van der Waals surface area contributed by atoms with Crippen molar-refractivity contribution in [2.75, 3.05) is 20.2 Å². The van der Waals surface area contributed by atoms with E-state index in [1.165, 1.54) is 5.56 Å². The number of nitrogens with zero attached hydrogens (tertiary/aromatic N) is 1. The first-order valence-corrected chi connectivity index (χ1v) is 4.46. The van der Waals surface area contributed by atoms with E-state index < -0.39 is 0 Å². The van der Waals surface area contributed by atoms with Crippen LogP contribution in [-0.2, 0) is 11.3 Å². The second-order valence-corrected chi connectivity index (χ2v) is 3.03. The van der Waals surface area contributed by atoms with Crippen molar-refractivity contribution < 1.29 is 4.74 Å². The van der Waals surface area contributed by atoms with Gasteiger partial charge in [0.25, 0.3) is 0 Å². The highest BCUT2D eigenvalue weighted by Crippen LogP contribution is 2.02. The highest BCUT2D eigenvalue weighted by atomic mass is 16.5. The zero-order valence-electron chi connectivity index (χ0n) is 8.21. The summed E-state index contributed by atoms with van der Waals surface area (Å²) >= 11 is 0. The Morgan fingerprint density at radius 2 is 2.31 bits per heavy atom. The van der Waals surface area contributed by atoms with E-state index in [2.05, 4.69) is 16.4 Å². The fourth-order valence-electron chi connectivity index (χ4n) is 1.06. The fraction of sp³-hybridized carbons (Fsp3) is 0.500. The summed E-state index contributed by atoms with van der Waals surface area (Å²) in [6.07, 6.45) is 3.68. The molecule has 0 atom stereocenters. The summed E-state index contributed by atoms with van der Waals surface area (Å²) in [5.41, 5.74) is 2.31. The van der Waals surface area contributed by atoms with Gasteiger partial charge in [-0.25, -0.2) is 0 Å². The quantitative estimate of drug-likeness (QED) is 0.690. The van der Waals surface area contributed by atoms with Gasteiger partial charge in [-0.05, 0) is 25.1 Å². The lowest BCUT2D eigenvalue weighted by atomic mass is 10.2. The van der Waals surface area contributed by atoms with Crippen LogP contribution in [0.15, 0.2) is 18.5 Å². The highest BCUT2D eigenvalue weighted by molar-refractivity contribution is 5.15. The van der Waals surface area contributed by atoms with Crippen molar-refractivity contribution in [3.63, 3.8) is 0 Å². The molecule has 3 heteroatoms. The Kier molecular flexibility index (Phi) is 4.43. The molecular weight excluding hydrogens is 164 g/mol. The van der Waals surface area contributed by atoms with Crippen molar-refractivity contribution in [2.24, 2.45) is 0 Å². The van der Waals surface area contributed by atoms with Crippen LogP contribution < -0.4 is 5.32 Å². The summed E-state index contributed by atoms with van der Waals surface area (Å²) in [5.74, 6) is 0. The van der Waals surface area contributed by atoms with Crippen LogP contribution in [0.1, 0.15) is 11.1 Å². The van der Waals surface area contributed by atoms with Gasteiger partial charge in [-0.2, -0.15) is 0 Å². The van der Waals surface area contributed by atoms with Gasteiger partial charge >= 0.3 is 0 Å². The number of aryl methyl sites for hydroxylation is 1. The first-order valence-electron chi connectivity index (χ1n) is 4.46. The van der Waals surface area contributed by atoms with Crippen LogP contribution in [0.3, 0.4) is 0 Å². The van der Waals surface area contributed by atoms with Crippen LogP contribution in [0.5, 0.6) is 0 Å². The molecule has 3 nitrogen and oxygen atoms in total. The van der Waals surface area contributed by atoms with E-state index in [0.717, 1.165) is 18.7 Å². The zero-order chi connectivity index (χ0) is 9.52. The van der Waals surface area contributed by atoms with Gasteiger partial charge in [0, 0.05) is 18.9 Å². The van der Waals surface area contributed by atoms with E-state index >= 15 is 0 Å². The molecule has 0 aliphatic heterocycles. The third kappa shape index (κ3) is 4.01. The third-order valence-electron chi connectivity index (χ3n) is 1.70. The molecule has 1 aromatic heterocycles. The van der Waals surface area contributed by atoms with Crippen molar-refractivity contribution in [3.05, 3.63) is 29.6 Å². The molecule has 0 aromatic carbocycles. The average Bonchev–Trinajstić information content (AvgIpc) is 2.13. The maximum atomic E-state index is 5.41. The second-order valence-electron chi connectivity index (χ2n) is 3.03. The number of pyridine rings is 1. The normalized spacial score (nSPS) is 10.3. The Hall–Kier alpha value is -0.930. The van der Waals surface area contributed by atoms with E-state index in [0.29, 0.717) is 6.61 Å². The van der Waals surface area contributed by atoms with Gasteiger partial charge < -0.3 is 10.1 Å². The first kappa shape index (κ1) is 10.2. The molecule has 0 amide bonds. The van der Waals surface area contributed by atoms with Gasteiger partial charge in [-0.1, -0.05) is 6.07 Å². The minimum absolute atomic E-state index is 0.649. The first-order chi connectivity index (χ1) is 6.33. The number of likely N-dealkylation sites (N-methyl/N-ethyl adjacent to an activating group) is 1.